The molecule has 1 aliphatic rings. The first-order valence-electron chi connectivity index (χ1n) is 5.89. The number of carbonyl (C=O) groups is 1. The van der Waals surface area contributed by atoms with Gasteiger partial charge in [0.05, 0.1) is 0 Å². The van der Waals surface area contributed by atoms with Gasteiger partial charge in [0, 0.05) is 26.1 Å². The number of likely N-dealkylation sites (tertiary alicyclic amines) is 1. The van der Waals surface area contributed by atoms with E-state index in [4.69, 9.17) is 0 Å². The highest BCUT2D eigenvalue weighted by Crippen LogP contribution is 2.32. The molecular weight excluding hydrogens is 281 g/mol. The first-order chi connectivity index (χ1) is 8.97. The van der Waals surface area contributed by atoms with Crippen LogP contribution < -0.4 is 5.32 Å². The lowest BCUT2D eigenvalue weighted by Gasteiger charge is -2.14. The first-order valence-corrected chi connectivity index (χ1v) is 6.71. The van der Waals surface area contributed by atoms with Gasteiger partial charge in [0.25, 0.3) is 0 Å². The van der Waals surface area contributed by atoms with E-state index in [9.17, 15) is 18.0 Å². The standard InChI is InChI=1S/C10H13F3N4OS/c11-10(12,13)8-15-16-9(19-8)14-4-3-7(18)17-5-1-2-6-17/h1-6H2,(H,14,16). The van der Waals surface area contributed by atoms with E-state index in [1.165, 1.54) is 0 Å². The van der Waals surface area contributed by atoms with Crippen LogP contribution in [0.5, 0.6) is 0 Å². The number of rotatable bonds is 4. The Hall–Kier alpha value is -1.38. The summed E-state index contributed by atoms with van der Waals surface area (Å²) in [6.07, 6.45) is -2.18. The van der Waals surface area contributed by atoms with Crippen LogP contribution in [0.4, 0.5) is 18.3 Å². The van der Waals surface area contributed by atoms with Crippen LogP contribution in [0.1, 0.15) is 24.3 Å². The van der Waals surface area contributed by atoms with Crippen LogP contribution in [0.3, 0.4) is 0 Å². The molecule has 1 N–H and O–H groups in total. The Morgan fingerprint density at radius 3 is 2.58 bits per heavy atom. The van der Waals surface area contributed by atoms with Gasteiger partial charge in [0.2, 0.25) is 16.0 Å². The summed E-state index contributed by atoms with van der Waals surface area (Å²) >= 11 is 0.440. The predicted octanol–water partition coefficient (Wildman–Crippen LogP) is 1.98. The normalized spacial score (nSPS) is 15.8. The Morgan fingerprint density at radius 1 is 1.32 bits per heavy atom. The summed E-state index contributed by atoms with van der Waals surface area (Å²) in [7, 11) is 0. The third-order valence-electron chi connectivity index (χ3n) is 2.74. The van der Waals surface area contributed by atoms with Gasteiger partial charge < -0.3 is 10.2 Å². The number of nitrogens with zero attached hydrogens (tertiary/aromatic N) is 3. The van der Waals surface area contributed by atoms with Crippen molar-refractivity contribution in [3.63, 3.8) is 0 Å². The number of hydrogen-bond donors (Lipinski definition) is 1. The average Bonchev–Trinajstić information content (AvgIpc) is 2.99. The summed E-state index contributed by atoms with van der Waals surface area (Å²) in [5.74, 6) is 0.0190. The number of hydrogen-bond acceptors (Lipinski definition) is 5. The molecule has 1 aromatic heterocycles. The summed E-state index contributed by atoms with van der Waals surface area (Å²) in [6.45, 7) is 1.81. The minimum atomic E-state index is -4.47. The van der Waals surface area contributed by atoms with E-state index in [-0.39, 0.29) is 24.0 Å². The molecule has 1 aromatic rings. The molecule has 0 bridgehead atoms. The number of alkyl halides is 3. The highest BCUT2D eigenvalue weighted by Gasteiger charge is 2.35. The fourth-order valence-electron chi connectivity index (χ4n) is 1.81. The zero-order valence-corrected chi connectivity index (χ0v) is 10.9. The lowest BCUT2D eigenvalue weighted by molar-refractivity contribution is -0.138. The molecule has 0 radical (unpaired) electrons. The van der Waals surface area contributed by atoms with Gasteiger partial charge >= 0.3 is 6.18 Å². The molecule has 0 spiro atoms. The Kier molecular flexibility index (Phi) is 4.23. The molecule has 19 heavy (non-hydrogen) atoms. The molecule has 2 heterocycles. The third-order valence-corrected chi connectivity index (χ3v) is 3.67. The molecule has 106 valence electrons. The van der Waals surface area contributed by atoms with Crippen LogP contribution in [-0.4, -0.2) is 40.6 Å². The predicted molar refractivity (Wildman–Crippen MR) is 63.8 cm³/mol. The molecule has 9 heteroatoms. The van der Waals surface area contributed by atoms with Crippen LogP contribution in [0.2, 0.25) is 0 Å². The van der Waals surface area contributed by atoms with Crippen molar-refractivity contribution >= 4 is 22.4 Å². The van der Waals surface area contributed by atoms with E-state index < -0.39 is 11.2 Å². The maximum absolute atomic E-state index is 12.3. The SMILES string of the molecule is O=C(CCNc1nnc(C(F)(F)F)s1)N1CCCC1. The van der Waals surface area contributed by atoms with Gasteiger partial charge in [-0.25, -0.2) is 0 Å². The fraction of sp³-hybridized carbons (Fsp3) is 0.700. The molecule has 2 rings (SSSR count). The second kappa shape index (κ2) is 5.72. The lowest BCUT2D eigenvalue weighted by Crippen LogP contribution is -2.29. The molecule has 0 aromatic carbocycles. The van der Waals surface area contributed by atoms with Gasteiger partial charge in [-0.3, -0.25) is 4.79 Å². The van der Waals surface area contributed by atoms with Gasteiger partial charge in [-0.15, -0.1) is 10.2 Å². The van der Waals surface area contributed by atoms with Gasteiger partial charge in [-0.05, 0) is 12.8 Å². The third kappa shape index (κ3) is 3.79. The van der Waals surface area contributed by atoms with E-state index in [0.29, 0.717) is 11.3 Å². The van der Waals surface area contributed by atoms with Gasteiger partial charge in [0.15, 0.2) is 0 Å². The van der Waals surface area contributed by atoms with Crippen molar-refractivity contribution in [1.29, 1.82) is 0 Å². The second-order valence-corrected chi connectivity index (χ2v) is 5.15. The smallest absolute Gasteiger partial charge is 0.360 e. The van der Waals surface area contributed by atoms with Crippen molar-refractivity contribution in [2.24, 2.45) is 0 Å². The Bertz CT molecular complexity index is 442. The highest BCUT2D eigenvalue weighted by molar-refractivity contribution is 7.15. The zero-order chi connectivity index (χ0) is 13.9. The Labute approximate surface area is 111 Å². The van der Waals surface area contributed by atoms with Crippen LogP contribution in [0.25, 0.3) is 0 Å². The molecule has 0 saturated carbocycles. The van der Waals surface area contributed by atoms with E-state index in [1.54, 1.807) is 4.90 Å². The van der Waals surface area contributed by atoms with Gasteiger partial charge in [0.1, 0.15) is 0 Å². The molecule has 0 atom stereocenters. The monoisotopic (exact) mass is 294 g/mol. The molecule has 1 saturated heterocycles. The van der Waals surface area contributed by atoms with Crippen molar-refractivity contribution in [3.8, 4) is 0 Å². The summed E-state index contributed by atoms with van der Waals surface area (Å²) < 4.78 is 36.8. The summed E-state index contributed by atoms with van der Waals surface area (Å²) in [6, 6.07) is 0. The number of anilines is 1. The molecular formula is C10H13F3N4OS. The Morgan fingerprint density at radius 2 is 2.00 bits per heavy atom. The molecule has 5 nitrogen and oxygen atoms in total. The van der Waals surface area contributed by atoms with Crippen molar-refractivity contribution in [1.82, 2.24) is 15.1 Å². The largest absolute Gasteiger partial charge is 0.445 e. The number of halogens is 3. The first kappa shape index (κ1) is 14.0. The number of amides is 1. The molecule has 1 amide bonds. The summed E-state index contributed by atoms with van der Waals surface area (Å²) in [5.41, 5.74) is 0. The van der Waals surface area contributed by atoms with Gasteiger partial charge in [-0.2, -0.15) is 13.2 Å². The number of nitrogens with one attached hydrogen (secondary N) is 1. The summed E-state index contributed by atoms with van der Waals surface area (Å²) in [5, 5.41) is 8.23. The van der Waals surface area contributed by atoms with Crippen LogP contribution >= 0.6 is 11.3 Å². The molecule has 1 aliphatic heterocycles. The lowest BCUT2D eigenvalue weighted by atomic mass is 10.3. The Balaban J connectivity index is 1.76. The average molecular weight is 294 g/mol. The zero-order valence-electron chi connectivity index (χ0n) is 10.0. The molecule has 1 fully saturated rings. The van der Waals surface area contributed by atoms with E-state index >= 15 is 0 Å². The van der Waals surface area contributed by atoms with Gasteiger partial charge in [-0.1, -0.05) is 11.3 Å². The van der Waals surface area contributed by atoms with Crippen molar-refractivity contribution < 1.29 is 18.0 Å². The molecule has 0 unspecified atom stereocenters. The topological polar surface area (TPSA) is 58.1 Å². The van der Waals surface area contributed by atoms with Crippen LogP contribution in [0.15, 0.2) is 0 Å². The number of carbonyl (C=O) groups excluding carboxylic acids is 1. The number of aromatic nitrogens is 2. The van der Waals surface area contributed by atoms with E-state index in [1.807, 2.05) is 0 Å². The van der Waals surface area contributed by atoms with Crippen molar-refractivity contribution in [2.75, 3.05) is 25.0 Å². The second-order valence-electron chi connectivity index (χ2n) is 4.17. The van der Waals surface area contributed by atoms with Crippen LogP contribution in [-0.2, 0) is 11.0 Å². The maximum atomic E-state index is 12.3. The molecule has 0 aliphatic carbocycles. The minimum Gasteiger partial charge on any atom is -0.360 e. The highest BCUT2D eigenvalue weighted by atomic mass is 32.1. The summed E-state index contributed by atoms with van der Waals surface area (Å²) in [4.78, 5) is 13.4. The maximum Gasteiger partial charge on any atom is 0.445 e. The van der Waals surface area contributed by atoms with E-state index in [0.717, 1.165) is 25.9 Å². The quantitative estimate of drug-likeness (QED) is 0.922. The van der Waals surface area contributed by atoms with Crippen molar-refractivity contribution in [3.05, 3.63) is 5.01 Å². The minimum absolute atomic E-state index is 0.0190. The van der Waals surface area contributed by atoms with Crippen molar-refractivity contribution in [2.45, 2.75) is 25.4 Å². The fourth-order valence-corrected chi connectivity index (χ4v) is 2.45. The van der Waals surface area contributed by atoms with E-state index in [2.05, 4.69) is 15.5 Å². The van der Waals surface area contributed by atoms with Crippen LogP contribution in [0, 0.1) is 0 Å².